The lowest BCUT2D eigenvalue weighted by Crippen LogP contribution is -2.27. The molecule has 0 spiro atoms. The maximum Gasteiger partial charge on any atom is 0.0237 e. The van der Waals surface area contributed by atoms with Crippen LogP contribution in [-0.4, -0.2) is 18.0 Å². The minimum Gasteiger partial charge on any atom is -0.295 e. The molecule has 1 aromatic rings. The molecule has 0 aliphatic carbocycles. The van der Waals surface area contributed by atoms with E-state index >= 15 is 0 Å². The molecule has 1 aliphatic rings. The average Bonchev–Trinajstić information content (AvgIpc) is 2.36. The molecule has 1 nitrogen and oxygen atoms in total. The van der Waals surface area contributed by atoms with E-state index in [-0.39, 0.29) is 0 Å². The third-order valence-electron chi connectivity index (χ3n) is 2.77. The van der Waals surface area contributed by atoms with Gasteiger partial charge in [0.15, 0.2) is 0 Å². The lowest BCUT2D eigenvalue weighted by atomic mass is 10.1. The Hall–Kier alpha value is -1.08. The quantitative estimate of drug-likeness (QED) is 0.680. The van der Waals surface area contributed by atoms with Crippen LogP contribution in [0.2, 0.25) is 0 Å². The Bertz CT molecular complexity index is 313. The Morgan fingerprint density at radius 2 is 1.81 bits per heavy atom. The second kappa shape index (κ2) is 7.24. The highest BCUT2D eigenvalue weighted by Gasteiger charge is 2.08. The van der Waals surface area contributed by atoms with Crippen molar-refractivity contribution in [3.8, 4) is 0 Å². The van der Waals surface area contributed by atoms with Gasteiger partial charge in [-0.05, 0) is 18.9 Å². The van der Waals surface area contributed by atoms with E-state index < -0.39 is 0 Å². The second-order valence-corrected chi connectivity index (χ2v) is 4.02. The molecule has 88 valence electrons. The molecule has 0 unspecified atom stereocenters. The fraction of sp³-hybridized carbons (Fsp3) is 0.467. The number of nitrogens with zero attached hydrogens (tertiary/aromatic N) is 1. The largest absolute Gasteiger partial charge is 0.295 e. The summed E-state index contributed by atoms with van der Waals surface area (Å²) >= 11 is 0. The molecule has 0 saturated carbocycles. The lowest BCUT2D eigenvalue weighted by Gasteiger charge is -2.25. The van der Waals surface area contributed by atoms with Gasteiger partial charge in [-0.3, -0.25) is 4.90 Å². The summed E-state index contributed by atoms with van der Waals surface area (Å²) in [7, 11) is 0. The molecule has 16 heavy (non-hydrogen) atoms. The molecule has 1 heterocycles. The summed E-state index contributed by atoms with van der Waals surface area (Å²) < 4.78 is 0. The summed E-state index contributed by atoms with van der Waals surface area (Å²) in [6, 6.07) is 10.7. The summed E-state index contributed by atoms with van der Waals surface area (Å²) in [5.41, 5.74) is 2.95. The van der Waals surface area contributed by atoms with Gasteiger partial charge in [0.2, 0.25) is 0 Å². The molecule has 0 radical (unpaired) electrons. The van der Waals surface area contributed by atoms with E-state index in [9.17, 15) is 0 Å². The number of rotatable bonds is 2. The van der Waals surface area contributed by atoms with Gasteiger partial charge < -0.3 is 0 Å². The maximum atomic E-state index is 2.49. The molecule has 1 heteroatoms. The van der Waals surface area contributed by atoms with Crippen molar-refractivity contribution < 1.29 is 0 Å². The average molecular weight is 217 g/mol. The Morgan fingerprint density at radius 1 is 1.12 bits per heavy atom. The van der Waals surface area contributed by atoms with Crippen LogP contribution < -0.4 is 0 Å². The minimum absolute atomic E-state index is 1.09. The van der Waals surface area contributed by atoms with Gasteiger partial charge in [-0.15, -0.1) is 0 Å². The topological polar surface area (TPSA) is 3.24 Å². The highest BCUT2D eigenvalue weighted by Crippen LogP contribution is 2.12. The Labute approximate surface area is 99.8 Å². The predicted octanol–water partition coefficient (Wildman–Crippen LogP) is 3.86. The molecule has 0 aromatic heterocycles. The van der Waals surface area contributed by atoms with Crippen LogP contribution in [0.3, 0.4) is 0 Å². The lowest BCUT2D eigenvalue weighted by molar-refractivity contribution is 0.286. The molecule has 0 fully saturated rings. The predicted molar refractivity (Wildman–Crippen MR) is 71.4 cm³/mol. The van der Waals surface area contributed by atoms with E-state index in [1.165, 1.54) is 24.1 Å². The molecular formula is C15H23N. The zero-order valence-electron chi connectivity index (χ0n) is 10.7. The van der Waals surface area contributed by atoms with Crippen LogP contribution in [0, 0.1) is 0 Å². The summed E-state index contributed by atoms with van der Waals surface area (Å²) in [6.45, 7) is 9.63. The van der Waals surface area contributed by atoms with Gasteiger partial charge in [0.25, 0.3) is 0 Å². The van der Waals surface area contributed by atoms with Crippen molar-refractivity contribution in [2.24, 2.45) is 0 Å². The first-order chi connectivity index (χ1) is 7.84. The molecule has 2 rings (SSSR count). The van der Waals surface area contributed by atoms with Crippen LogP contribution in [0.25, 0.3) is 0 Å². The van der Waals surface area contributed by atoms with Crippen LogP contribution in [-0.2, 0) is 6.54 Å². The smallest absolute Gasteiger partial charge is 0.0237 e. The van der Waals surface area contributed by atoms with E-state index in [0.29, 0.717) is 0 Å². The van der Waals surface area contributed by atoms with Crippen molar-refractivity contribution in [1.29, 1.82) is 0 Å². The van der Waals surface area contributed by atoms with Crippen LogP contribution >= 0.6 is 0 Å². The second-order valence-electron chi connectivity index (χ2n) is 4.02. The van der Waals surface area contributed by atoms with Crippen molar-refractivity contribution in [2.45, 2.75) is 33.7 Å². The van der Waals surface area contributed by atoms with E-state index in [1.54, 1.807) is 0 Å². The number of benzene rings is 1. The summed E-state index contributed by atoms with van der Waals surface area (Å²) in [5, 5.41) is 0. The van der Waals surface area contributed by atoms with Gasteiger partial charge in [0.05, 0.1) is 0 Å². The Morgan fingerprint density at radius 3 is 2.38 bits per heavy atom. The van der Waals surface area contributed by atoms with Gasteiger partial charge in [-0.25, -0.2) is 0 Å². The standard InChI is InChI=1S/C13H17N.C2H6/c1-12-7-9-14(10-8-12)11-13-5-3-2-4-6-13;1-2/h2-7H,8-11H2,1H3;1-2H3. The van der Waals surface area contributed by atoms with Crippen molar-refractivity contribution in [3.63, 3.8) is 0 Å². The monoisotopic (exact) mass is 217 g/mol. The van der Waals surface area contributed by atoms with Crippen molar-refractivity contribution in [2.75, 3.05) is 13.1 Å². The molecule has 1 aliphatic heterocycles. The van der Waals surface area contributed by atoms with Gasteiger partial charge in [-0.1, -0.05) is 55.8 Å². The Balaban J connectivity index is 0.000000606. The summed E-state index contributed by atoms with van der Waals surface area (Å²) in [5.74, 6) is 0. The number of hydrogen-bond acceptors (Lipinski definition) is 1. The van der Waals surface area contributed by atoms with E-state index in [1.807, 2.05) is 13.8 Å². The first-order valence-corrected chi connectivity index (χ1v) is 6.26. The minimum atomic E-state index is 1.09. The molecule has 0 saturated heterocycles. The number of hydrogen-bond donors (Lipinski definition) is 0. The van der Waals surface area contributed by atoms with Gasteiger partial charge >= 0.3 is 0 Å². The van der Waals surface area contributed by atoms with Crippen molar-refractivity contribution in [1.82, 2.24) is 4.90 Å². The molecule has 0 bridgehead atoms. The highest BCUT2D eigenvalue weighted by molar-refractivity contribution is 5.15. The fourth-order valence-corrected chi connectivity index (χ4v) is 1.80. The van der Waals surface area contributed by atoms with Crippen LogP contribution in [0.4, 0.5) is 0 Å². The van der Waals surface area contributed by atoms with Crippen molar-refractivity contribution >= 4 is 0 Å². The molecule has 0 atom stereocenters. The van der Waals surface area contributed by atoms with E-state index in [2.05, 4.69) is 48.2 Å². The van der Waals surface area contributed by atoms with Crippen LogP contribution in [0.15, 0.2) is 42.0 Å². The van der Waals surface area contributed by atoms with Crippen LogP contribution in [0.5, 0.6) is 0 Å². The molecule has 1 aromatic carbocycles. The van der Waals surface area contributed by atoms with Gasteiger partial charge in [-0.2, -0.15) is 0 Å². The van der Waals surface area contributed by atoms with E-state index in [0.717, 1.165) is 13.1 Å². The van der Waals surface area contributed by atoms with Gasteiger partial charge in [0, 0.05) is 19.6 Å². The zero-order valence-corrected chi connectivity index (χ0v) is 10.7. The molecule has 0 N–H and O–H groups in total. The fourth-order valence-electron chi connectivity index (χ4n) is 1.80. The zero-order chi connectivity index (χ0) is 11.8. The first-order valence-electron chi connectivity index (χ1n) is 6.26. The van der Waals surface area contributed by atoms with Crippen molar-refractivity contribution in [3.05, 3.63) is 47.5 Å². The Kier molecular flexibility index (Phi) is 5.87. The third-order valence-corrected chi connectivity index (χ3v) is 2.77. The van der Waals surface area contributed by atoms with E-state index in [4.69, 9.17) is 0 Å². The normalized spacial score (nSPS) is 16.1. The SMILES string of the molecule is CC.CC1=CCN(Cc2ccccc2)CC1. The molecular weight excluding hydrogens is 194 g/mol. The summed E-state index contributed by atoms with van der Waals surface area (Å²) in [6.07, 6.45) is 3.57. The third kappa shape index (κ3) is 4.19. The summed E-state index contributed by atoms with van der Waals surface area (Å²) in [4.78, 5) is 2.49. The first kappa shape index (κ1) is 13.0. The maximum absolute atomic E-state index is 2.49. The molecule has 0 amide bonds. The highest BCUT2D eigenvalue weighted by atomic mass is 15.1. The van der Waals surface area contributed by atoms with Crippen LogP contribution in [0.1, 0.15) is 32.8 Å². The van der Waals surface area contributed by atoms with Gasteiger partial charge in [0.1, 0.15) is 0 Å².